The van der Waals surface area contributed by atoms with Crippen molar-refractivity contribution in [2.45, 2.75) is 118 Å². The Morgan fingerprint density at radius 3 is 2.05 bits per heavy atom. The van der Waals surface area contributed by atoms with Crippen molar-refractivity contribution in [2.75, 3.05) is 13.1 Å². The van der Waals surface area contributed by atoms with E-state index in [0.29, 0.717) is 13.1 Å². The molecule has 7 nitrogen and oxygen atoms in total. The van der Waals surface area contributed by atoms with E-state index in [1.807, 2.05) is 44.2 Å². The van der Waals surface area contributed by atoms with E-state index >= 15 is 0 Å². The Labute approximate surface area is 225 Å². The molecule has 0 bridgehead atoms. The minimum Gasteiger partial charge on any atom is -0.444 e. The van der Waals surface area contributed by atoms with Crippen LogP contribution in [0.25, 0.3) is 0 Å². The van der Waals surface area contributed by atoms with Gasteiger partial charge in [-0.15, -0.1) is 0 Å². The molecule has 0 radical (unpaired) electrons. The molecule has 1 aromatic rings. The topological polar surface area (TPSA) is 87.7 Å². The molecule has 2 atom stereocenters. The Balaban J connectivity index is 3.29. The Kier molecular flexibility index (Phi) is 14.9. The maximum atomic E-state index is 14.1. The summed E-state index contributed by atoms with van der Waals surface area (Å²) in [5.41, 5.74) is 0.0778. The van der Waals surface area contributed by atoms with Crippen LogP contribution < -0.4 is 10.6 Å². The third-order valence-electron chi connectivity index (χ3n) is 6.15. The lowest BCUT2D eigenvalue weighted by molar-refractivity contribution is -0.143. The van der Waals surface area contributed by atoms with Crippen LogP contribution in [0.2, 0.25) is 0 Å². The van der Waals surface area contributed by atoms with Crippen LogP contribution in [0.1, 0.15) is 111 Å². The number of unbranched alkanes of at least 4 members (excludes halogenated alkanes) is 6. The number of rotatable bonds is 16. The minimum atomic E-state index is -0.815. The molecule has 3 amide bonds. The van der Waals surface area contributed by atoms with Gasteiger partial charge < -0.3 is 20.3 Å². The molecule has 0 spiro atoms. The van der Waals surface area contributed by atoms with Crippen LogP contribution in [-0.2, 0) is 14.3 Å². The third-order valence-corrected chi connectivity index (χ3v) is 6.15. The molecule has 0 aliphatic rings. The molecule has 1 rings (SSSR count). The van der Waals surface area contributed by atoms with Crippen molar-refractivity contribution in [1.82, 2.24) is 15.5 Å². The van der Waals surface area contributed by atoms with Crippen LogP contribution in [0.15, 0.2) is 30.3 Å². The summed E-state index contributed by atoms with van der Waals surface area (Å²) < 4.78 is 5.44. The largest absolute Gasteiger partial charge is 0.444 e. The summed E-state index contributed by atoms with van der Waals surface area (Å²) >= 11 is 0. The standard InChI is InChI=1S/C30H51N3O4/c1-8-10-12-13-14-18-22-33(28(35)25(23(3)4)32-29(36)37-30(5,6)7)26(24-19-16-15-17-20-24)27(34)31-21-11-9-2/h15-17,19-20,23,25-26H,8-14,18,21-22H2,1-7H3,(H,31,34)(H,32,36). The number of carbonyl (C=O) groups excluding carboxylic acids is 3. The molecule has 2 N–H and O–H groups in total. The molecule has 0 heterocycles. The van der Waals surface area contributed by atoms with Gasteiger partial charge in [-0.05, 0) is 45.1 Å². The van der Waals surface area contributed by atoms with Crippen LogP contribution in [0.5, 0.6) is 0 Å². The van der Waals surface area contributed by atoms with Crippen LogP contribution >= 0.6 is 0 Å². The fourth-order valence-corrected chi connectivity index (χ4v) is 4.15. The summed E-state index contributed by atoms with van der Waals surface area (Å²) in [5.74, 6) is -0.653. The maximum absolute atomic E-state index is 14.1. The van der Waals surface area contributed by atoms with E-state index in [1.165, 1.54) is 19.3 Å². The van der Waals surface area contributed by atoms with Gasteiger partial charge in [0.15, 0.2) is 0 Å². The van der Waals surface area contributed by atoms with E-state index in [1.54, 1.807) is 25.7 Å². The molecule has 0 saturated heterocycles. The number of hydrogen-bond donors (Lipinski definition) is 2. The predicted octanol–water partition coefficient (Wildman–Crippen LogP) is 6.38. The average Bonchev–Trinajstić information content (AvgIpc) is 2.83. The predicted molar refractivity (Wildman–Crippen MR) is 150 cm³/mol. The van der Waals surface area contributed by atoms with Gasteiger partial charge in [-0.25, -0.2) is 4.79 Å². The smallest absolute Gasteiger partial charge is 0.408 e. The van der Waals surface area contributed by atoms with Gasteiger partial charge in [-0.2, -0.15) is 0 Å². The molecular weight excluding hydrogens is 466 g/mol. The molecule has 0 saturated carbocycles. The van der Waals surface area contributed by atoms with Crippen LogP contribution in [0, 0.1) is 5.92 Å². The second-order valence-electron chi connectivity index (χ2n) is 11.1. The molecule has 37 heavy (non-hydrogen) atoms. The van der Waals surface area contributed by atoms with Crippen molar-refractivity contribution in [1.29, 1.82) is 0 Å². The van der Waals surface area contributed by atoms with Crippen molar-refractivity contribution in [2.24, 2.45) is 5.92 Å². The lowest BCUT2D eigenvalue weighted by Gasteiger charge is -2.35. The zero-order chi connectivity index (χ0) is 27.8. The number of amides is 3. The molecule has 210 valence electrons. The van der Waals surface area contributed by atoms with Crippen LogP contribution in [0.3, 0.4) is 0 Å². The molecule has 2 unspecified atom stereocenters. The number of alkyl carbamates (subject to hydrolysis) is 1. The number of ether oxygens (including phenoxy) is 1. The Bertz CT molecular complexity index is 805. The van der Waals surface area contributed by atoms with E-state index in [2.05, 4.69) is 24.5 Å². The van der Waals surface area contributed by atoms with E-state index in [9.17, 15) is 14.4 Å². The van der Waals surface area contributed by atoms with Gasteiger partial charge in [0.25, 0.3) is 0 Å². The first-order valence-electron chi connectivity index (χ1n) is 14.1. The Hall–Kier alpha value is -2.57. The number of nitrogens with one attached hydrogen (secondary N) is 2. The van der Waals surface area contributed by atoms with Crippen molar-refractivity contribution in [3.8, 4) is 0 Å². The highest BCUT2D eigenvalue weighted by molar-refractivity contribution is 5.92. The lowest BCUT2D eigenvalue weighted by atomic mass is 9.98. The quantitative estimate of drug-likeness (QED) is 0.249. The van der Waals surface area contributed by atoms with Crippen LogP contribution in [-0.4, -0.2) is 47.5 Å². The van der Waals surface area contributed by atoms with Gasteiger partial charge >= 0.3 is 6.09 Å². The highest BCUT2D eigenvalue weighted by Crippen LogP contribution is 2.25. The second-order valence-corrected chi connectivity index (χ2v) is 11.1. The molecule has 7 heteroatoms. The summed E-state index contributed by atoms with van der Waals surface area (Å²) in [7, 11) is 0. The molecule has 0 aliphatic carbocycles. The first-order chi connectivity index (χ1) is 17.5. The maximum Gasteiger partial charge on any atom is 0.408 e. The van der Waals surface area contributed by atoms with Gasteiger partial charge in [-0.3, -0.25) is 9.59 Å². The van der Waals surface area contributed by atoms with Gasteiger partial charge in [0.1, 0.15) is 17.7 Å². The van der Waals surface area contributed by atoms with Crippen molar-refractivity contribution in [3.05, 3.63) is 35.9 Å². The number of nitrogens with zero attached hydrogens (tertiary/aromatic N) is 1. The Morgan fingerprint density at radius 1 is 0.892 bits per heavy atom. The number of benzene rings is 1. The first-order valence-corrected chi connectivity index (χ1v) is 14.1. The van der Waals surface area contributed by atoms with Crippen LogP contribution in [0.4, 0.5) is 4.79 Å². The molecule has 0 fully saturated rings. The SMILES string of the molecule is CCCCCCCCN(C(=O)C(NC(=O)OC(C)(C)C)C(C)C)C(C(=O)NCCCC)c1ccccc1. The highest BCUT2D eigenvalue weighted by atomic mass is 16.6. The summed E-state index contributed by atoms with van der Waals surface area (Å²) in [6.07, 6.45) is 7.60. The summed E-state index contributed by atoms with van der Waals surface area (Å²) in [4.78, 5) is 41.9. The third kappa shape index (κ3) is 12.5. The summed E-state index contributed by atoms with van der Waals surface area (Å²) in [6.45, 7) is 14.4. The van der Waals surface area contributed by atoms with E-state index < -0.39 is 23.8 Å². The fourth-order valence-electron chi connectivity index (χ4n) is 4.15. The van der Waals surface area contributed by atoms with Gasteiger partial charge in [-0.1, -0.05) is 96.6 Å². The van der Waals surface area contributed by atoms with Crippen molar-refractivity contribution < 1.29 is 19.1 Å². The monoisotopic (exact) mass is 517 g/mol. The minimum absolute atomic E-state index is 0.188. The first kappa shape index (κ1) is 32.5. The van der Waals surface area contributed by atoms with E-state index in [0.717, 1.165) is 37.7 Å². The number of hydrogen-bond acceptors (Lipinski definition) is 4. The van der Waals surface area contributed by atoms with Gasteiger partial charge in [0, 0.05) is 13.1 Å². The fraction of sp³-hybridized carbons (Fsp3) is 0.700. The summed E-state index contributed by atoms with van der Waals surface area (Å²) in [5, 5.41) is 5.82. The van der Waals surface area contributed by atoms with Crippen molar-refractivity contribution >= 4 is 17.9 Å². The molecule has 0 aliphatic heterocycles. The summed E-state index contributed by atoms with van der Waals surface area (Å²) in [6, 6.07) is 7.85. The van der Waals surface area contributed by atoms with Crippen molar-refractivity contribution in [3.63, 3.8) is 0 Å². The molecular formula is C30H51N3O4. The number of carbonyl (C=O) groups is 3. The molecule has 1 aromatic carbocycles. The Morgan fingerprint density at radius 2 is 1.49 bits per heavy atom. The zero-order valence-corrected chi connectivity index (χ0v) is 24.3. The average molecular weight is 518 g/mol. The lowest BCUT2D eigenvalue weighted by Crippen LogP contribution is -2.55. The van der Waals surface area contributed by atoms with Gasteiger partial charge in [0.2, 0.25) is 11.8 Å². The normalized spacial score (nSPS) is 13.1. The second kappa shape index (κ2) is 17.0. The zero-order valence-electron chi connectivity index (χ0n) is 24.3. The highest BCUT2D eigenvalue weighted by Gasteiger charge is 2.37. The van der Waals surface area contributed by atoms with Gasteiger partial charge in [0.05, 0.1) is 0 Å². The molecule has 0 aromatic heterocycles. The van der Waals surface area contributed by atoms with E-state index in [-0.39, 0.29) is 17.7 Å². The van der Waals surface area contributed by atoms with E-state index in [4.69, 9.17) is 4.74 Å².